The molecule has 30 heavy (non-hydrogen) atoms. The van der Waals surface area contributed by atoms with Gasteiger partial charge < -0.3 is 14.5 Å². The molecule has 2 heterocycles. The molecule has 0 unspecified atom stereocenters. The highest BCUT2D eigenvalue weighted by atomic mass is 32.2. The lowest BCUT2D eigenvalue weighted by Gasteiger charge is -2.15. The maximum Gasteiger partial charge on any atom is 0.334 e. The highest BCUT2D eigenvalue weighted by Crippen LogP contribution is 2.25. The molecule has 2 aromatic carbocycles. The van der Waals surface area contributed by atoms with Crippen molar-refractivity contribution < 1.29 is 13.9 Å². The first-order chi connectivity index (χ1) is 14.5. The predicted octanol–water partition coefficient (Wildman–Crippen LogP) is 2.41. The van der Waals surface area contributed by atoms with Crippen LogP contribution in [0.4, 0.5) is 5.82 Å². The lowest BCUT2D eigenvalue weighted by atomic mass is 10.3. The van der Waals surface area contributed by atoms with Crippen molar-refractivity contribution >= 4 is 34.6 Å². The van der Waals surface area contributed by atoms with Gasteiger partial charge in [0.25, 0.3) is 10.8 Å². The van der Waals surface area contributed by atoms with Crippen molar-refractivity contribution in [1.82, 2.24) is 14.5 Å². The molecule has 4 rings (SSSR count). The SMILES string of the molecule is COc1ccccc1-n1c(NC(=O)CSc2nc3ccccc3o2)cc(=O)[nH]c1=O. The van der Waals surface area contributed by atoms with Crippen LogP contribution in [0.5, 0.6) is 5.75 Å². The van der Waals surface area contributed by atoms with Gasteiger partial charge in [-0.05, 0) is 24.3 Å². The summed E-state index contributed by atoms with van der Waals surface area (Å²) in [5.41, 5.74) is 0.366. The minimum Gasteiger partial charge on any atom is -0.495 e. The van der Waals surface area contributed by atoms with E-state index in [2.05, 4.69) is 15.3 Å². The van der Waals surface area contributed by atoms with Gasteiger partial charge in [0.1, 0.15) is 17.1 Å². The van der Waals surface area contributed by atoms with Gasteiger partial charge in [-0.1, -0.05) is 36.0 Å². The van der Waals surface area contributed by atoms with Crippen molar-refractivity contribution in [2.24, 2.45) is 0 Å². The largest absolute Gasteiger partial charge is 0.495 e. The number of H-pyrrole nitrogens is 1. The Morgan fingerprint density at radius 1 is 1.20 bits per heavy atom. The predicted molar refractivity (Wildman–Crippen MR) is 113 cm³/mol. The first-order valence-corrected chi connectivity index (χ1v) is 9.82. The van der Waals surface area contributed by atoms with E-state index in [1.165, 1.54) is 11.7 Å². The summed E-state index contributed by atoms with van der Waals surface area (Å²) in [4.78, 5) is 43.3. The molecule has 0 aliphatic heterocycles. The fourth-order valence-corrected chi connectivity index (χ4v) is 3.50. The number of oxazole rings is 1. The van der Waals surface area contributed by atoms with Crippen LogP contribution in [0.3, 0.4) is 0 Å². The summed E-state index contributed by atoms with van der Waals surface area (Å²) < 4.78 is 12.0. The fraction of sp³-hybridized carbons (Fsp3) is 0.100. The van der Waals surface area contributed by atoms with Crippen LogP contribution in [0.15, 0.2) is 73.8 Å². The number of nitrogens with one attached hydrogen (secondary N) is 2. The van der Waals surface area contributed by atoms with Crippen LogP contribution in [-0.4, -0.2) is 33.3 Å². The van der Waals surface area contributed by atoms with Gasteiger partial charge in [0.2, 0.25) is 5.91 Å². The second-order valence-corrected chi connectivity index (χ2v) is 7.04. The Morgan fingerprint density at radius 2 is 1.97 bits per heavy atom. The lowest BCUT2D eigenvalue weighted by Crippen LogP contribution is -2.32. The van der Waals surface area contributed by atoms with Crippen LogP contribution in [0.25, 0.3) is 16.8 Å². The number of aromatic amines is 1. The highest BCUT2D eigenvalue weighted by Gasteiger charge is 2.16. The van der Waals surface area contributed by atoms with Crippen molar-refractivity contribution in [2.75, 3.05) is 18.2 Å². The zero-order valence-electron chi connectivity index (χ0n) is 15.7. The van der Waals surface area contributed by atoms with Gasteiger partial charge in [0.05, 0.1) is 18.6 Å². The minimum atomic E-state index is -0.700. The molecule has 0 fully saturated rings. The summed E-state index contributed by atoms with van der Waals surface area (Å²) in [5.74, 6) is -0.0324. The monoisotopic (exact) mass is 424 g/mol. The molecule has 2 N–H and O–H groups in total. The van der Waals surface area contributed by atoms with Gasteiger partial charge in [-0.25, -0.2) is 14.3 Å². The van der Waals surface area contributed by atoms with E-state index in [4.69, 9.17) is 9.15 Å². The smallest absolute Gasteiger partial charge is 0.334 e. The Bertz CT molecular complexity index is 1310. The number of thioether (sulfide) groups is 1. The molecule has 0 atom stereocenters. The number of carbonyl (C=O) groups is 1. The minimum absolute atomic E-state index is 0.0245. The van der Waals surface area contributed by atoms with Crippen molar-refractivity contribution in [3.8, 4) is 11.4 Å². The first kappa shape index (κ1) is 19.5. The van der Waals surface area contributed by atoms with Crippen LogP contribution in [0.2, 0.25) is 0 Å². The number of aromatic nitrogens is 3. The van der Waals surface area contributed by atoms with Crippen molar-refractivity contribution in [3.63, 3.8) is 0 Å². The number of methoxy groups -OCH3 is 1. The number of hydrogen-bond donors (Lipinski definition) is 2. The summed E-state index contributed by atoms with van der Waals surface area (Å²) >= 11 is 1.10. The maximum absolute atomic E-state index is 12.5. The maximum atomic E-state index is 12.5. The fourth-order valence-electron chi connectivity index (χ4n) is 2.86. The van der Waals surface area contributed by atoms with E-state index in [1.807, 2.05) is 18.2 Å². The normalized spacial score (nSPS) is 10.8. The molecule has 0 saturated heterocycles. The standard InChI is InChI=1S/C20H16N4O5S/c1-28-15-9-5-3-7-13(15)24-16(10-17(25)23-19(24)27)22-18(26)11-30-20-21-12-6-2-4-8-14(12)29-20/h2-10H,11H2,1H3,(H,22,26)(H,23,25,27). The summed E-state index contributed by atoms with van der Waals surface area (Å²) in [5, 5.41) is 2.95. The Labute approximate surface area is 173 Å². The molecular weight excluding hydrogens is 408 g/mol. The number of amides is 1. The molecule has 10 heteroatoms. The third-order valence-electron chi connectivity index (χ3n) is 4.14. The second kappa shape index (κ2) is 8.29. The van der Waals surface area contributed by atoms with E-state index in [0.717, 1.165) is 17.8 Å². The highest BCUT2D eigenvalue weighted by molar-refractivity contribution is 7.99. The average molecular weight is 424 g/mol. The topological polar surface area (TPSA) is 119 Å². The molecule has 0 aliphatic carbocycles. The summed E-state index contributed by atoms with van der Waals surface area (Å²) in [7, 11) is 1.46. The third kappa shape index (κ3) is 3.98. The number of fused-ring (bicyclic) bond motifs is 1. The molecule has 4 aromatic rings. The van der Waals surface area contributed by atoms with Gasteiger partial charge in [0, 0.05) is 6.07 Å². The quantitative estimate of drug-likeness (QED) is 0.456. The summed E-state index contributed by atoms with van der Waals surface area (Å²) in [6.45, 7) is 0. The van der Waals surface area contributed by atoms with E-state index in [0.29, 0.717) is 27.8 Å². The number of nitrogens with zero attached hydrogens (tertiary/aromatic N) is 2. The number of hydrogen-bond acceptors (Lipinski definition) is 7. The van der Waals surface area contributed by atoms with E-state index in [-0.39, 0.29) is 11.6 Å². The summed E-state index contributed by atoms with van der Waals surface area (Å²) in [6, 6.07) is 15.2. The number of anilines is 1. The van der Waals surface area contributed by atoms with Gasteiger partial charge >= 0.3 is 5.69 Å². The third-order valence-corrected chi connectivity index (χ3v) is 4.96. The molecular formula is C20H16N4O5S. The van der Waals surface area contributed by atoms with E-state index < -0.39 is 17.2 Å². The van der Waals surface area contributed by atoms with Crippen LogP contribution in [0.1, 0.15) is 0 Å². The van der Waals surface area contributed by atoms with Crippen LogP contribution >= 0.6 is 11.8 Å². The molecule has 0 saturated carbocycles. The lowest BCUT2D eigenvalue weighted by molar-refractivity contribution is -0.113. The number of ether oxygens (including phenoxy) is 1. The average Bonchev–Trinajstić information content (AvgIpc) is 3.15. The molecule has 0 spiro atoms. The van der Waals surface area contributed by atoms with Crippen LogP contribution < -0.4 is 21.3 Å². The molecule has 1 amide bonds. The molecule has 2 aromatic heterocycles. The van der Waals surface area contributed by atoms with Gasteiger partial charge in [-0.15, -0.1) is 0 Å². The van der Waals surface area contributed by atoms with Gasteiger partial charge in [0.15, 0.2) is 5.58 Å². The van der Waals surface area contributed by atoms with E-state index >= 15 is 0 Å². The van der Waals surface area contributed by atoms with Gasteiger partial charge in [-0.2, -0.15) is 0 Å². The Balaban J connectivity index is 1.58. The zero-order chi connectivity index (χ0) is 21.1. The molecule has 0 radical (unpaired) electrons. The Morgan fingerprint density at radius 3 is 2.77 bits per heavy atom. The molecule has 9 nitrogen and oxygen atoms in total. The van der Waals surface area contributed by atoms with E-state index in [9.17, 15) is 14.4 Å². The summed E-state index contributed by atoms with van der Waals surface area (Å²) in [6.07, 6.45) is 0. The van der Waals surface area contributed by atoms with Crippen molar-refractivity contribution in [1.29, 1.82) is 0 Å². The van der Waals surface area contributed by atoms with Crippen molar-refractivity contribution in [3.05, 3.63) is 75.4 Å². The van der Waals surface area contributed by atoms with Gasteiger partial charge in [-0.3, -0.25) is 14.6 Å². The Hall–Kier alpha value is -3.79. The van der Waals surface area contributed by atoms with Crippen LogP contribution in [0, 0.1) is 0 Å². The second-order valence-electron chi connectivity index (χ2n) is 6.12. The zero-order valence-corrected chi connectivity index (χ0v) is 16.6. The first-order valence-electron chi connectivity index (χ1n) is 8.83. The number of carbonyl (C=O) groups excluding carboxylic acids is 1. The molecule has 152 valence electrons. The number of rotatable bonds is 6. The number of para-hydroxylation sites is 4. The van der Waals surface area contributed by atoms with Crippen LogP contribution in [-0.2, 0) is 4.79 Å². The Kier molecular flexibility index (Phi) is 5.40. The van der Waals surface area contributed by atoms with Crippen molar-refractivity contribution in [2.45, 2.75) is 5.22 Å². The molecule has 0 aliphatic rings. The van der Waals surface area contributed by atoms with E-state index in [1.54, 1.807) is 30.3 Å². The molecule has 0 bridgehead atoms. The number of benzene rings is 2.